The molecule has 1 amide bonds. The first-order valence-electron chi connectivity index (χ1n) is 10.7. The number of carbonyl (C=O) groups is 1. The van der Waals surface area contributed by atoms with E-state index in [0.717, 1.165) is 45.1 Å². The fourth-order valence-corrected chi connectivity index (χ4v) is 5.31. The third-order valence-electron chi connectivity index (χ3n) is 5.65. The largest absolute Gasteiger partial charge is 0.496 e. The van der Waals surface area contributed by atoms with Crippen LogP contribution in [0.1, 0.15) is 24.2 Å². The normalized spacial score (nSPS) is 11.4. The second kappa shape index (κ2) is 9.98. The number of ether oxygens (including phenoxy) is 1. The molecular formula is C25H26BrN3O2S. The second-order valence-electron chi connectivity index (χ2n) is 7.49. The number of nitrogens with zero attached hydrogens (tertiary/aromatic N) is 3. The summed E-state index contributed by atoms with van der Waals surface area (Å²) in [5.74, 6) is 0.475. The molecule has 0 unspecified atom stereocenters. The third-order valence-corrected chi connectivity index (χ3v) is 7.18. The maximum Gasteiger partial charge on any atom is 0.263 e. The van der Waals surface area contributed by atoms with Crippen molar-refractivity contribution in [1.29, 1.82) is 0 Å². The molecular weight excluding hydrogens is 486 g/mol. The standard InChI is InChI=1S/C25H26BrN3O2S/c1-4-28(5-2)12-13-29(25-27-21-11-10-19(26)16-23(21)32-25)24(30)20-14-17-8-6-7-9-18(17)15-22(20)31-3/h6-11,14-16H,4-5,12-13H2,1-3H3. The van der Waals surface area contributed by atoms with Gasteiger partial charge in [0.05, 0.1) is 22.9 Å². The monoisotopic (exact) mass is 511 g/mol. The highest BCUT2D eigenvalue weighted by atomic mass is 79.9. The van der Waals surface area contributed by atoms with Gasteiger partial charge in [-0.3, -0.25) is 9.69 Å². The number of anilines is 1. The average molecular weight is 512 g/mol. The van der Waals surface area contributed by atoms with E-state index in [1.807, 2.05) is 54.6 Å². The number of thiazole rings is 1. The van der Waals surface area contributed by atoms with Gasteiger partial charge in [-0.1, -0.05) is 65.4 Å². The number of likely N-dealkylation sites (N-methyl/N-ethyl adjacent to an activating group) is 1. The van der Waals surface area contributed by atoms with E-state index in [4.69, 9.17) is 9.72 Å². The van der Waals surface area contributed by atoms with E-state index in [1.165, 1.54) is 11.3 Å². The summed E-state index contributed by atoms with van der Waals surface area (Å²) in [6, 6.07) is 17.8. The summed E-state index contributed by atoms with van der Waals surface area (Å²) in [6.07, 6.45) is 0. The molecule has 0 spiro atoms. The molecule has 4 rings (SSSR count). The van der Waals surface area contributed by atoms with Crippen LogP contribution in [0.3, 0.4) is 0 Å². The predicted molar refractivity (Wildman–Crippen MR) is 137 cm³/mol. The van der Waals surface area contributed by atoms with Gasteiger partial charge >= 0.3 is 0 Å². The Hall–Kier alpha value is -2.48. The average Bonchev–Trinajstić information content (AvgIpc) is 3.23. The van der Waals surface area contributed by atoms with Gasteiger partial charge in [0.25, 0.3) is 5.91 Å². The van der Waals surface area contributed by atoms with Gasteiger partial charge in [-0.2, -0.15) is 0 Å². The van der Waals surface area contributed by atoms with Gasteiger partial charge in [-0.05, 0) is 54.2 Å². The molecule has 32 heavy (non-hydrogen) atoms. The van der Waals surface area contributed by atoms with Gasteiger partial charge in [0.1, 0.15) is 5.75 Å². The van der Waals surface area contributed by atoms with Crippen LogP contribution >= 0.6 is 27.3 Å². The van der Waals surface area contributed by atoms with Crippen molar-refractivity contribution in [3.05, 3.63) is 64.6 Å². The number of hydrogen-bond donors (Lipinski definition) is 0. The van der Waals surface area contributed by atoms with Crippen molar-refractivity contribution in [3.63, 3.8) is 0 Å². The second-order valence-corrected chi connectivity index (χ2v) is 9.42. The first kappa shape index (κ1) is 22.7. The van der Waals surface area contributed by atoms with Crippen molar-refractivity contribution in [1.82, 2.24) is 9.88 Å². The number of fused-ring (bicyclic) bond motifs is 2. The zero-order valence-corrected chi connectivity index (χ0v) is 20.9. The number of rotatable bonds is 8. The fourth-order valence-electron chi connectivity index (χ4n) is 3.77. The molecule has 0 atom stereocenters. The Bertz CT molecular complexity index is 1250. The molecule has 0 aliphatic heterocycles. The van der Waals surface area contributed by atoms with Crippen LogP contribution in [0.2, 0.25) is 0 Å². The number of hydrogen-bond acceptors (Lipinski definition) is 5. The third kappa shape index (κ3) is 4.65. The van der Waals surface area contributed by atoms with Gasteiger partial charge < -0.3 is 9.64 Å². The Kier molecular flexibility index (Phi) is 7.08. The molecule has 4 aromatic rings. The first-order valence-corrected chi connectivity index (χ1v) is 12.3. The minimum absolute atomic E-state index is 0.0992. The SMILES string of the molecule is CCN(CC)CCN(C(=O)c1cc2ccccc2cc1OC)c1nc2ccc(Br)cc2s1. The lowest BCUT2D eigenvalue weighted by Crippen LogP contribution is -2.39. The molecule has 0 aliphatic rings. The van der Waals surface area contributed by atoms with Crippen LogP contribution in [-0.4, -0.2) is 49.1 Å². The van der Waals surface area contributed by atoms with Crippen molar-refractivity contribution in [2.45, 2.75) is 13.8 Å². The lowest BCUT2D eigenvalue weighted by molar-refractivity contribution is 0.0981. The first-order chi connectivity index (χ1) is 15.5. The van der Waals surface area contributed by atoms with Gasteiger partial charge in [0, 0.05) is 17.6 Å². The zero-order chi connectivity index (χ0) is 22.7. The number of aromatic nitrogens is 1. The van der Waals surface area contributed by atoms with Crippen molar-refractivity contribution >= 4 is 59.3 Å². The highest BCUT2D eigenvalue weighted by Crippen LogP contribution is 2.33. The van der Waals surface area contributed by atoms with Crippen LogP contribution in [-0.2, 0) is 0 Å². The van der Waals surface area contributed by atoms with Crippen molar-refractivity contribution in [2.75, 3.05) is 38.2 Å². The number of methoxy groups -OCH3 is 1. The minimum Gasteiger partial charge on any atom is -0.496 e. The highest BCUT2D eigenvalue weighted by molar-refractivity contribution is 9.10. The van der Waals surface area contributed by atoms with Crippen LogP contribution in [0.25, 0.3) is 21.0 Å². The van der Waals surface area contributed by atoms with Gasteiger partial charge in [0.15, 0.2) is 5.13 Å². The van der Waals surface area contributed by atoms with Crippen molar-refractivity contribution < 1.29 is 9.53 Å². The molecule has 0 N–H and O–H groups in total. The molecule has 0 aliphatic carbocycles. The molecule has 0 fully saturated rings. The summed E-state index contributed by atoms with van der Waals surface area (Å²) in [7, 11) is 1.61. The Morgan fingerprint density at radius 2 is 1.75 bits per heavy atom. The van der Waals surface area contributed by atoms with E-state index in [1.54, 1.807) is 12.0 Å². The van der Waals surface area contributed by atoms with E-state index in [9.17, 15) is 4.79 Å². The Balaban J connectivity index is 1.77. The smallest absolute Gasteiger partial charge is 0.263 e. The summed E-state index contributed by atoms with van der Waals surface area (Å²) < 4.78 is 7.66. The quantitative estimate of drug-likeness (QED) is 0.282. The molecule has 0 saturated heterocycles. The number of amides is 1. The zero-order valence-electron chi connectivity index (χ0n) is 18.5. The summed E-state index contributed by atoms with van der Waals surface area (Å²) in [5, 5.41) is 2.75. The lowest BCUT2D eigenvalue weighted by Gasteiger charge is -2.25. The number of halogens is 1. The minimum atomic E-state index is -0.0992. The summed E-state index contributed by atoms with van der Waals surface area (Å²) >= 11 is 5.06. The van der Waals surface area contributed by atoms with E-state index >= 15 is 0 Å². The summed E-state index contributed by atoms with van der Waals surface area (Å²) in [4.78, 5) is 22.8. The predicted octanol–water partition coefficient (Wildman–Crippen LogP) is 6.21. The summed E-state index contributed by atoms with van der Waals surface area (Å²) in [5.41, 5.74) is 1.44. The fraction of sp³-hybridized carbons (Fsp3) is 0.280. The Morgan fingerprint density at radius 1 is 1.03 bits per heavy atom. The van der Waals surface area contributed by atoms with Crippen LogP contribution in [0.5, 0.6) is 5.75 Å². The lowest BCUT2D eigenvalue weighted by atomic mass is 10.0. The van der Waals surface area contributed by atoms with E-state index < -0.39 is 0 Å². The molecule has 166 valence electrons. The van der Waals surface area contributed by atoms with Crippen LogP contribution in [0.4, 0.5) is 5.13 Å². The molecule has 0 radical (unpaired) electrons. The van der Waals surface area contributed by atoms with E-state index in [2.05, 4.69) is 34.7 Å². The molecule has 5 nitrogen and oxygen atoms in total. The molecule has 7 heteroatoms. The van der Waals surface area contributed by atoms with Gasteiger partial charge in [-0.15, -0.1) is 0 Å². The molecule has 0 saturated carbocycles. The summed E-state index contributed by atoms with van der Waals surface area (Å²) in [6.45, 7) is 7.47. The van der Waals surface area contributed by atoms with Crippen LogP contribution in [0, 0.1) is 0 Å². The maximum atomic E-state index is 13.9. The molecule has 3 aromatic carbocycles. The van der Waals surface area contributed by atoms with Gasteiger partial charge in [-0.25, -0.2) is 4.98 Å². The number of benzene rings is 3. The topological polar surface area (TPSA) is 45.7 Å². The van der Waals surface area contributed by atoms with Crippen molar-refractivity contribution in [3.8, 4) is 5.75 Å². The van der Waals surface area contributed by atoms with Crippen molar-refractivity contribution in [2.24, 2.45) is 0 Å². The van der Waals surface area contributed by atoms with E-state index in [-0.39, 0.29) is 5.91 Å². The molecule has 1 heterocycles. The van der Waals surface area contributed by atoms with Crippen LogP contribution < -0.4 is 9.64 Å². The van der Waals surface area contributed by atoms with Crippen LogP contribution in [0.15, 0.2) is 59.1 Å². The Labute approximate surface area is 200 Å². The van der Waals surface area contributed by atoms with Gasteiger partial charge in [0.2, 0.25) is 0 Å². The van der Waals surface area contributed by atoms with E-state index in [0.29, 0.717) is 23.0 Å². The highest BCUT2D eigenvalue weighted by Gasteiger charge is 2.25. The number of carbonyl (C=O) groups excluding carboxylic acids is 1. The Morgan fingerprint density at radius 3 is 2.44 bits per heavy atom. The molecule has 1 aromatic heterocycles. The maximum absolute atomic E-state index is 13.9. The molecule has 0 bridgehead atoms.